The Morgan fingerprint density at radius 3 is 2.73 bits per heavy atom. The van der Waals surface area contributed by atoms with Crippen molar-refractivity contribution < 1.29 is 8.42 Å². The first-order chi connectivity index (χ1) is 14.3. The number of fused-ring (bicyclic) bond motifs is 2. The van der Waals surface area contributed by atoms with Crippen LogP contribution in [0.25, 0.3) is 10.9 Å². The number of nitrogens with one attached hydrogen (secondary N) is 1. The molecule has 30 heavy (non-hydrogen) atoms. The van der Waals surface area contributed by atoms with E-state index in [4.69, 9.17) is 4.98 Å². The van der Waals surface area contributed by atoms with Crippen molar-refractivity contribution in [3.8, 4) is 0 Å². The molecule has 0 aliphatic carbocycles. The minimum absolute atomic E-state index is 0.0843. The molecule has 158 valence electrons. The number of hydrogen-bond donors (Lipinski definition) is 1. The lowest BCUT2D eigenvalue weighted by Gasteiger charge is -2.23. The predicted molar refractivity (Wildman–Crippen MR) is 123 cm³/mol. The van der Waals surface area contributed by atoms with Crippen molar-refractivity contribution in [1.29, 1.82) is 0 Å². The average Bonchev–Trinajstić information content (AvgIpc) is 2.84. The first kappa shape index (κ1) is 20.6. The smallest absolute Gasteiger partial charge is 0.180 e. The maximum absolute atomic E-state index is 12.7. The van der Waals surface area contributed by atoms with Gasteiger partial charge in [0.2, 0.25) is 0 Å². The zero-order valence-corrected chi connectivity index (χ0v) is 18.5. The Balaban J connectivity index is 1.74. The van der Waals surface area contributed by atoms with E-state index in [1.165, 1.54) is 5.56 Å². The van der Waals surface area contributed by atoms with Crippen LogP contribution in [0.15, 0.2) is 53.4 Å². The number of sulfone groups is 1. The number of rotatable bonds is 5. The molecule has 4 rings (SSSR count). The molecule has 2 heterocycles. The molecule has 3 aromatic rings. The molecule has 0 saturated heterocycles. The number of benzene rings is 2. The van der Waals surface area contributed by atoms with Gasteiger partial charge in [-0.15, -0.1) is 0 Å². The van der Waals surface area contributed by atoms with Gasteiger partial charge in [-0.3, -0.25) is 0 Å². The summed E-state index contributed by atoms with van der Waals surface area (Å²) in [6, 6.07) is 15.6. The van der Waals surface area contributed by atoms with E-state index >= 15 is 0 Å². The maximum atomic E-state index is 12.7. The molecule has 0 spiro atoms. The summed E-state index contributed by atoms with van der Waals surface area (Å²) in [7, 11) is 0.813. The SMILES string of the molecule is Cc1ccc2nc(N3CCS(=O)(=O)c4ccccc4C3)cc(NCCN(C)C)c2c1. The number of hydrogen-bond acceptors (Lipinski definition) is 6. The van der Waals surface area contributed by atoms with Crippen LogP contribution in [0.5, 0.6) is 0 Å². The monoisotopic (exact) mass is 424 g/mol. The summed E-state index contributed by atoms with van der Waals surface area (Å²) in [6.07, 6.45) is 0. The Hall–Kier alpha value is -2.64. The number of nitrogens with zero attached hydrogens (tertiary/aromatic N) is 3. The highest BCUT2D eigenvalue weighted by Crippen LogP contribution is 2.31. The molecule has 1 aliphatic rings. The molecule has 1 aromatic heterocycles. The highest BCUT2D eigenvalue weighted by atomic mass is 32.2. The second kappa shape index (κ2) is 8.24. The zero-order valence-electron chi connectivity index (χ0n) is 17.7. The van der Waals surface area contributed by atoms with Gasteiger partial charge in [0, 0.05) is 43.3 Å². The van der Waals surface area contributed by atoms with Gasteiger partial charge in [0.05, 0.1) is 16.2 Å². The Kier molecular flexibility index (Phi) is 5.66. The van der Waals surface area contributed by atoms with E-state index in [1.807, 2.05) is 18.2 Å². The zero-order chi connectivity index (χ0) is 21.3. The standard InChI is InChI=1S/C23H28N4O2S/c1-17-8-9-20-19(14-17)21(24-10-11-26(2)3)15-23(25-20)27-12-13-30(28,29)22-7-5-4-6-18(22)16-27/h4-9,14-15H,10-13,16H2,1-3H3,(H,24,25). The fourth-order valence-corrected chi connectivity index (χ4v) is 5.31. The Labute approximate surface area is 178 Å². The largest absolute Gasteiger partial charge is 0.383 e. The van der Waals surface area contributed by atoms with Crippen molar-refractivity contribution in [1.82, 2.24) is 9.88 Å². The van der Waals surface area contributed by atoms with Crippen molar-refractivity contribution in [2.24, 2.45) is 0 Å². The van der Waals surface area contributed by atoms with Crippen molar-refractivity contribution in [2.75, 3.05) is 49.7 Å². The third kappa shape index (κ3) is 4.27. The summed E-state index contributed by atoms with van der Waals surface area (Å²) in [4.78, 5) is 9.53. The molecule has 0 unspecified atom stereocenters. The fourth-order valence-electron chi connectivity index (χ4n) is 3.81. The number of pyridine rings is 1. The summed E-state index contributed by atoms with van der Waals surface area (Å²) in [5.74, 6) is 0.881. The van der Waals surface area contributed by atoms with Gasteiger partial charge in [-0.1, -0.05) is 29.8 Å². The molecular formula is C23H28N4O2S. The molecule has 0 atom stereocenters. The minimum atomic E-state index is -3.29. The molecule has 0 amide bonds. The Morgan fingerprint density at radius 1 is 1.13 bits per heavy atom. The molecular weight excluding hydrogens is 396 g/mol. The van der Waals surface area contributed by atoms with Crippen LogP contribution in [-0.4, -0.2) is 57.8 Å². The van der Waals surface area contributed by atoms with E-state index in [0.29, 0.717) is 18.0 Å². The molecule has 7 heteroatoms. The normalized spacial score (nSPS) is 15.8. The topological polar surface area (TPSA) is 65.5 Å². The third-order valence-corrected chi connectivity index (χ3v) is 7.24. The van der Waals surface area contributed by atoms with E-state index in [9.17, 15) is 8.42 Å². The van der Waals surface area contributed by atoms with E-state index in [-0.39, 0.29) is 5.75 Å². The van der Waals surface area contributed by atoms with Crippen molar-refractivity contribution in [3.05, 3.63) is 59.7 Å². The summed E-state index contributed by atoms with van der Waals surface area (Å²) >= 11 is 0. The second-order valence-corrected chi connectivity index (χ2v) is 10.2. The van der Waals surface area contributed by atoms with E-state index < -0.39 is 9.84 Å². The molecule has 6 nitrogen and oxygen atoms in total. The molecule has 1 N–H and O–H groups in total. The van der Waals surface area contributed by atoms with Gasteiger partial charge >= 0.3 is 0 Å². The summed E-state index contributed by atoms with van der Waals surface area (Å²) in [5, 5.41) is 4.63. The second-order valence-electron chi connectivity index (χ2n) is 8.13. The van der Waals surface area contributed by atoms with Gasteiger partial charge in [-0.2, -0.15) is 0 Å². The Morgan fingerprint density at radius 2 is 1.93 bits per heavy atom. The predicted octanol–water partition coefficient (Wildman–Crippen LogP) is 3.31. The van der Waals surface area contributed by atoms with Crippen LogP contribution in [0.4, 0.5) is 11.5 Å². The van der Waals surface area contributed by atoms with Crippen LogP contribution < -0.4 is 10.2 Å². The highest BCUT2D eigenvalue weighted by Gasteiger charge is 2.26. The minimum Gasteiger partial charge on any atom is -0.383 e. The first-order valence-electron chi connectivity index (χ1n) is 10.2. The van der Waals surface area contributed by atoms with Crippen LogP contribution in [0.3, 0.4) is 0 Å². The third-order valence-electron chi connectivity index (χ3n) is 5.45. The molecule has 2 aromatic carbocycles. The van der Waals surface area contributed by atoms with Crippen LogP contribution in [0.2, 0.25) is 0 Å². The molecule has 0 fully saturated rings. The lowest BCUT2D eigenvalue weighted by atomic mass is 10.1. The molecule has 0 radical (unpaired) electrons. The van der Waals surface area contributed by atoms with Crippen LogP contribution in [-0.2, 0) is 16.4 Å². The summed E-state index contributed by atoms with van der Waals surface area (Å²) in [5.41, 5.74) is 3.94. The summed E-state index contributed by atoms with van der Waals surface area (Å²) in [6.45, 7) is 4.75. The van der Waals surface area contributed by atoms with Gasteiger partial charge < -0.3 is 15.1 Å². The fraction of sp³-hybridized carbons (Fsp3) is 0.348. The average molecular weight is 425 g/mol. The van der Waals surface area contributed by atoms with E-state index in [2.05, 4.69) is 54.3 Å². The molecule has 1 aliphatic heterocycles. The van der Waals surface area contributed by atoms with Crippen molar-refractivity contribution >= 4 is 32.2 Å². The number of likely N-dealkylation sites (N-methyl/N-ethyl adjacent to an activating group) is 1. The first-order valence-corrected chi connectivity index (χ1v) is 11.8. The number of aromatic nitrogens is 1. The number of aryl methyl sites for hydroxylation is 1. The van der Waals surface area contributed by atoms with Crippen molar-refractivity contribution in [2.45, 2.75) is 18.4 Å². The van der Waals surface area contributed by atoms with Gasteiger partial charge in [0.25, 0.3) is 0 Å². The number of anilines is 2. The van der Waals surface area contributed by atoms with Crippen LogP contribution >= 0.6 is 0 Å². The van der Waals surface area contributed by atoms with Gasteiger partial charge in [-0.25, -0.2) is 13.4 Å². The molecule has 0 bridgehead atoms. The van der Waals surface area contributed by atoms with Crippen LogP contribution in [0, 0.1) is 6.92 Å². The van der Waals surface area contributed by atoms with Gasteiger partial charge in [0.15, 0.2) is 9.84 Å². The lowest BCUT2D eigenvalue weighted by Crippen LogP contribution is -2.27. The Bertz CT molecular complexity index is 1180. The maximum Gasteiger partial charge on any atom is 0.180 e. The quantitative estimate of drug-likeness (QED) is 0.678. The van der Waals surface area contributed by atoms with E-state index in [0.717, 1.165) is 41.1 Å². The van der Waals surface area contributed by atoms with Crippen molar-refractivity contribution in [3.63, 3.8) is 0 Å². The van der Waals surface area contributed by atoms with Gasteiger partial charge in [0.1, 0.15) is 5.82 Å². The summed E-state index contributed by atoms with van der Waals surface area (Å²) < 4.78 is 25.5. The lowest BCUT2D eigenvalue weighted by molar-refractivity contribution is 0.425. The highest BCUT2D eigenvalue weighted by molar-refractivity contribution is 7.91. The van der Waals surface area contributed by atoms with Crippen LogP contribution in [0.1, 0.15) is 11.1 Å². The van der Waals surface area contributed by atoms with E-state index in [1.54, 1.807) is 12.1 Å². The van der Waals surface area contributed by atoms with Gasteiger partial charge in [-0.05, 0) is 44.8 Å². The molecule has 0 saturated carbocycles.